The molecule has 0 heterocycles. The quantitative estimate of drug-likeness (QED) is 0.836. The maximum absolute atomic E-state index is 11.7. The zero-order chi connectivity index (χ0) is 10.2. The molecule has 1 amide bonds. The molecule has 1 aliphatic carbocycles. The third-order valence-electron chi connectivity index (χ3n) is 2.50. The molecule has 2 rings (SSSR count). The molecule has 1 aromatic rings. The molecule has 0 saturated heterocycles. The number of rotatable bonds is 2. The van der Waals surface area contributed by atoms with Crippen molar-refractivity contribution in [3.05, 3.63) is 33.4 Å². The summed E-state index contributed by atoms with van der Waals surface area (Å²) in [5.41, 5.74) is 0.822. The van der Waals surface area contributed by atoms with Crippen molar-refractivity contribution in [1.82, 2.24) is 5.32 Å². The predicted octanol–water partition coefficient (Wildman–Crippen LogP) is 2.57. The number of halogens is 1. The smallest absolute Gasteiger partial charge is 0.251 e. The monoisotopic (exact) mass is 301 g/mol. The van der Waals surface area contributed by atoms with E-state index >= 15 is 0 Å². The molecular formula is C11H12INO. The largest absolute Gasteiger partial charge is 0.347 e. The number of nitrogens with one attached hydrogen (secondary N) is 1. The second-order valence-electron chi connectivity index (χ2n) is 4.03. The maximum Gasteiger partial charge on any atom is 0.251 e. The molecule has 3 heteroatoms. The summed E-state index contributed by atoms with van der Waals surface area (Å²) in [4.78, 5) is 11.7. The van der Waals surface area contributed by atoms with E-state index in [1.807, 2.05) is 24.3 Å². The molecule has 1 N–H and O–H groups in total. The van der Waals surface area contributed by atoms with Gasteiger partial charge in [-0.25, -0.2) is 0 Å². The number of amides is 1. The summed E-state index contributed by atoms with van der Waals surface area (Å²) in [6.45, 7) is 2.08. The summed E-state index contributed by atoms with van der Waals surface area (Å²) in [5.74, 6) is 0.0449. The fourth-order valence-electron chi connectivity index (χ4n) is 1.29. The number of carbonyl (C=O) groups excluding carboxylic acids is 1. The van der Waals surface area contributed by atoms with Crippen LogP contribution in [0.4, 0.5) is 0 Å². The lowest BCUT2D eigenvalue weighted by atomic mass is 10.2. The van der Waals surface area contributed by atoms with Gasteiger partial charge in [0.25, 0.3) is 5.91 Å². The molecular weight excluding hydrogens is 289 g/mol. The Morgan fingerprint density at radius 3 is 2.79 bits per heavy atom. The van der Waals surface area contributed by atoms with Crippen molar-refractivity contribution < 1.29 is 4.79 Å². The summed E-state index contributed by atoms with van der Waals surface area (Å²) in [6.07, 6.45) is 2.20. The second kappa shape index (κ2) is 3.53. The topological polar surface area (TPSA) is 29.1 Å². The van der Waals surface area contributed by atoms with E-state index in [0.29, 0.717) is 0 Å². The lowest BCUT2D eigenvalue weighted by Gasteiger charge is -2.11. The Hall–Kier alpha value is -0.580. The van der Waals surface area contributed by atoms with Gasteiger partial charge in [-0.2, -0.15) is 0 Å². The van der Waals surface area contributed by atoms with Crippen molar-refractivity contribution in [3.63, 3.8) is 0 Å². The molecule has 0 spiro atoms. The molecule has 0 aliphatic heterocycles. The Morgan fingerprint density at radius 2 is 2.21 bits per heavy atom. The fraction of sp³-hybridized carbons (Fsp3) is 0.364. The van der Waals surface area contributed by atoms with E-state index < -0.39 is 0 Å². The number of carbonyl (C=O) groups is 1. The fourth-order valence-corrected chi connectivity index (χ4v) is 1.83. The van der Waals surface area contributed by atoms with Gasteiger partial charge in [-0.3, -0.25) is 4.79 Å². The average Bonchev–Trinajstić information content (AvgIpc) is 2.83. The first-order chi connectivity index (χ1) is 6.59. The van der Waals surface area contributed by atoms with Crippen molar-refractivity contribution in [2.45, 2.75) is 25.3 Å². The van der Waals surface area contributed by atoms with E-state index in [1.54, 1.807) is 0 Å². The molecule has 0 radical (unpaired) electrons. The van der Waals surface area contributed by atoms with Crippen molar-refractivity contribution >= 4 is 28.5 Å². The van der Waals surface area contributed by atoms with Crippen LogP contribution in [0.3, 0.4) is 0 Å². The molecule has 1 aromatic carbocycles. The molecule has 0 aromatic heterocycles. The number of hydrogen-bond donors (Lipinski definition) is 1. The van der Waals surface area contributed by atoms with Gasteiger partial charge in [0.1, 0.15) is 0 Å². The highest BCUT2D eigenvalue weighted by molar-refractivity contribution is 14.1. The highest BCUT2D eigenvalue weighted by Gasteiger charge is 2.38. The minimum Gasteiger partial charge on any atom is -0.347 e. The second-order valence-corrected chi connectivity index (χ2v) is 5.27. The van der Waals surface area contributed by atoms with Crippen molar-refractivity contribution in [2.24, 2.45) is 0 Å². The first-order valence-electron chi connectivity index (χ1n) is 4.67. The van der Waals surface area contributed by atoms with Gasteiger partial charge in [0.2, 0.25) is 0 Å². The maximum atomic E-state index is 11.7. The van der Waals surface area contributed by atoms with Crippen LogP contribution in [-0.4, -0.2) is 11.4 Å². The van der Waals surface area contributed by atoms with Crippen LogP contribution in [0.5, 0.6) is 0 Å². The first kappa shape index (κ1) is 9.96. The Morgan fingerprint density at radius 1 is 1.50 bits per heavy atom. The van der Waals surface area contributed by atoms with E-state index in [0.717, 1.165) is 22.0 Å². The molecule has 2 nitrogen and oxygen atoms in total. The summed E-state index contributed by atoms with van der Waals surface area (Å²) in [6, 6.07) is 7.65. The third kappa shape index (κ3) is 2.26. The van der Waals surface area contributed by atoms with E-state index in [1.165, 1.54) is 0 Å². The van der Waals surface area contributed by atoms with Crippen molar-refractivity contribution in [2.75, 3.05) is 0 Å². The predicted molar refractivity (Wildman–Crippen MR) is 64.3 cm³/mol. The number of hydrogen-bond acceptors (Lipinski definition) is 1. The normalized spacial score (nSPS) is 17.6. The van der Waals surface area contributed by atoms with Crippen LogP contribution in [0.25, 0.3) is 0 Å². The molecule has 0 bridgehead atoms. The highest BCUT2D eigenvalue weighted by Crippen LogP contribution is 2.34. The SMILES string of the molecule is CC1(NC(=O)c2cccc(I)c2)CC1. The van der Waals surface area contributed by atoms with Crippen LogP contribution in [-0.2, 0) is 0 Å². The average molecular weight is 301 g/mol. The Kier molecular flexibility index (Phi) is 2.51. The highest BCUT2D eigenvalue weighted by atomic mass is 127. The molecule has 1 aliphatic rings. The molecule has 1 fully saturated rings. The van der Waals surface area contributed by atoms with E-state index in [9.17, 15) is 4.79 Å². The van der Waals surface area contributed by atoms with Crippen molar-refractivity contribution in [1.29, 1.82) is 0 Å². The summed E-state index contributed by atoms with van der Waals surface area (Å²) in [7, 11) is 0. The van der Waals surface area contributed by atoms with Gasteiger partial charge < -0.3 is 5.32 Å². The van der Waals surface area contributed by atoms with Gasteiger partial charge in [0.05, 0.1) is 0 Å². The van der Waals surface area contributed by atoms with Gasteiger partial charge in [-0.15, -0.1) is 0 Å². The molecule has 0 unspecified atom stereocenters. The zero-order valence-electron chi connectivity index (χ0n) is 8.01. The Labute approximate surface area is 97.2 Å². The van der Waals surface area contributed by atoms with Crippen LogP contribution in [0.2, 0.25) is 0 Å². The zero-order valence-corrected chi connectivity index (χ0v) is 10.2. The summed E-state index contributed by atoms with van der Waals surface area (Å²) < 4.78 is 1.09. The Bertz CT molecular complexity index is 371. The van der Waals surface area contributed by atoms with Gasteiger partial charge in [0, 0.05) is 14.7 Å². The molecule has 1 saturated carbocycles. The van der Waals surface area contributed by atoms with Crippen LogP contribution < -0.4 is 5.32 Å². The van der Waals surface area contributed by atoms with Gasteiger partial charge in [0.15, 0.2) is 0 Å². The first-order valence-corrected chi connectivity index (χ1v) is 5.75. The molecule has 14 heavy (non-hydrogen) atoms. The van der Waals surface area contributed by atoms with Gasteiger partial charge in [-0.1, -0.05) is 6.07 Å². The van der Waals surface area contributed by atoms with Crippen LogP contribution in [0.1, 0.15) is 30.1 Å². The summed E-state index contributed by atoms with van der Waals surface area (Å²) in [5, 5.41) is 3.03. The standard InChI is InChI=1S/C11H12INO/c1-11(5-6-11)13-10(14)8-3-2-4-9(12)7-8/h2-4,7H,5-6H2,1H3,(H,13,14). The minimum atomic E-state index is 0.0449. The molecule has 74 valence electrons. The third-order valence-corrected chi connectivity index (χ3v) is 3.17. The van der Waals surface area contributed by atoms with Gasteiger partial charge in [-0.05, 0) is 60.6 Å². The van der Waals surface area contributed by atoms with E-state index in [2.05, 4.69) is 34.8 Å². The van der Waals surface area contributed by atoms with Gasteiger partial charge >= 0.3 is 0 Å². The lowest BCUT2D eigenvalue weighted by molar-refractivity contribution is 0.0935. The van der Waals surface area contributed by atoms with Crippen LogP contribution in [0.15, 0.2) is 24.3 Å². The Balaban J connectivity index is 2.11. The van der Waals surface area contributed by atoms with E-state index in [4.69, 9.17) is 0 Å². The molecule has 0 atom stereocenters. The van der Waals surface area contributed by atoms with Crippen LogP contribution >= 0.6 is 22.6 Å². The minimum absolute atomic E-state index is 0.0449. The number of benzene rings is 1. The van der Waals surface area contributed by atoms with E-state index in [-0.39, 0.29) is 11.4 Å². The summed E-state index contributed by atoms with van der Waals surface area (Å²) >= 11 is 2.21. The lowest BCUT2D eigenvalue weighted by Crippen LogP contribution is -2.34. The van der Waals surface area contributed by atoms with Crippen molar-refractivity contribution in [3.8, 4) is 0 Å². The van der Waals surface area contributed by atoms with Crippen LogP contribution in [0, 0.1) is 3.57 Å².